The lowest BCUT2D eigenvalue weighted by molar-refractivity contribution is 0.0686. The molecule has 21 heavy (non-hydrogen) atoms. The Kier molecular flexibility index (Phi) is 3.80. The van der Waals surface area contributed by atoms with Crippen LogP contribution in [0.1, 0.15) is 31.8 Å². The summed E-state index contributed by atoms with van der Waals surface area (Å²) in [5.41, 5.74) is 0.131. The van der Waals surface area contributed by atoms with Crippen LogP contribution < -0.4 is 0 Å². The summed E-state index contributed by atoms with van der Waals surface area (Å²) in [4.78, 5) is 22.3. The molecule has 2 aromatic rings. The molecule has 6 nitrogen and oxygen atoms in total. The van der Waals surface area contributed by atoms with Gasteiger partial charge in [0.2, 0.25) is 0 Å². The summed E-state index contributed by atoms with van der Waals surface area (Å²) < 4.78 is 0. The van der Waals surface area contributed by atoms with Gasteiger partial charge in [0.1, 0.15) is 0 Å². The van der Waals surface area contributed by atoms with Crippen LogP contribution in [0.15, 0.2) is 36.4 Å². The summed E-state index contributed by atoms with van der Waals surface area (Å²) in [5.74, 6) is -3.44. The standard InChI is InChI=1S/C15H12O6/c16-12-6-5-10(15(20)21)11(13(12)17)7-8-3-1-2-4-9(8)14(18)19/h1-6,16-17H,7H2,(H,18,19)(H,20,21). The van der Waals surface area contributed by atoms with Crippen LogP contribution in [0, 0.1) is 0 Å². The van der Waals surface area contributed by atoms with Gasteiger partial charge in [-0.3, -0.25) is 0 Å². The molecule has 0 unspecified atom stereocenters. The number of phenolic OH excluding ortho intramolecular Hbond substituents is 2. The molecule has 0 heterocycles. The summed E-state index contributed by atoms with van der Waals surface area (Å²) in [6.45, 7) is 0. The SMILES string of the molecule is O=C(O)c1ccccc1Cc1c(C(=O)O)ccc(O)c1O. The molecule has 0 radical (unpaired) electrons. The lowest BCUT2D eigenvalue weighted by Gasteiger charge is -2.11. The van der Waals surface area contributed by atoms with Crippen LogP contribution in [0.2, 0.25) is 0 Å². The van der Waals surface area contributed by atoms with Crippen LogP contribution in [-0.4, -0.2) is 32.4 Å². The molecule has 108 valence electrons. The number of carbonyl (C=O) groups is 2. The predicted molar refractivity (Wildman–Crippen MR) is 72.9 cm³/mol. The molecule has 2 aromatic carbocycles. The highest BCUT2D eigenvalue weighted by atomic mass is 16.4. The first-order chi connectivity index (χ1) is 9.91. The van der Waals surface area contributed by atoms with Crippen molar-refractivity contribution < 1.29 is 30.0 Å². The third-order valence-corrected chi connectivity index (χ3v) is 3.11. The maximum Gasteiger partial charge on any atom is 0.336 e. The minimum absolute atomic E-state index is 0.0107. The molecule has 4 N–H and O–H groups in total. The predicted octanol–water partition coefficient (Wildman–Crippen LogP) is 2.08. The normalized spacial score (nSPS) is 10.3. The van der Waals surface area contributed by atoms with Gasteiger partial charge in [0.05, 0.1) is 11.1 Å². The summed E-state index contributed by atoms with van der Waals surface area (Å²) in [6.07, 6.45) is -0.121. The Labute approximate surface area is 119 Å². The maximum absolute atomic E-state index is 11.2. The maximum atomic E-state index is 11.2. The van der Waals surface area contributed by atoms with Crippen molar-refractivity contribution in [3.63, 3.8) is 0 Å². The third kappa shape index (κ3) is 2.79. The quantitative estimate of drug-likeness (QED) is 0.640. The van der Waals surface area contributed by atoms with Crippen molar-refractivity contribution >= 4 is 11.9 Å². The first-order valence-corrected chi connectivity index (χ1v) is 6.00. The van der Waals surface area contributed by atoms with Crippen LogP contribution in [0.3, 0.4) is 0 Å². The number of carboxylic acid groups (broad SMARTS) is 2. The van der Waals surface area contributed by atoms with Crippen molar-refractivity contribution in [1.82, 2.24) is 0 Å². The third-order valence-electron chi connectivity index (χ3n) is 3.11. The molecule has 0 aromatic heterocycles. The zero-order chi connectivity index (χ0) is 15.6. The number of aromatic carboxylic acids is 2. The van der Waals surface area contributed by atoms with E-state index >= 15 is 0 Å². The molecule has 6 heteroatoms. The number of carboxylic acids is 2. The second kappa shape index (κ2) is 5.54. The van der Waals surface area contributed by atoms with Gasteiger partial charge < -0.3 is 20.4 Å². The largest absolute Gasteiger partial charge is 0.504 e. The highest BCUT2D eigenvalue weighted by molar-refractivity contribution is 5.92. The zero-order valence-electron chi connectivity index (χ0n) is 10.8. The fourth-order valence-electron chi connectivity index (χ4n) is 2.08. The minimum atomic E-state index is -1.27. The van der Waals surface area contributed by atoms with E-state index in [4.69, 9.17) is 10.2 Å². The van der Waals surface area contributed by atoms with Crippen molar-refractivity contribution in [2.24, 2.45) is 0 Å². The van der Waals surface area contributed by atoms with Crippen molar-refractivity contribution in [2.75, 3.05) is 0 Å². The molecule has 0 aliphatic heterocycles. The topological polar surface area (TPSA) is 115 Å². The molecule has 2 rings (SSSR count). The van der Waals surface area contributed by atoms with Crippen LogP contribution >= 0.6 is 0 Å². The molecule has 0 amide bonds. The summed E-state index contributed by atoms with van der Waals surface area (Å²) in [6, 6.07) is 8.31. The Balaban J connectivity index is 2.57. The van der Waals surface area contributed by atoms with E-state index in [1.54, 1.807) is 12.1 Å². The lowest BCUT2D eigenvalue weighted by Crippen LogP contribution is -2.07. The van der Waals surface area contributed by atoms with E-state index < -0.39 is 23.4 Å². The Morgan fingerprint density at radius 3 is 2.10 bits per heavy atom. The minimum Gasteiger partial charge on any atom is -0.504 e. The Bertz CT molecular complexity index is 720. The smallest absolute Gasteiger partial charge is 0.336 e. The van der Waals surface area contributed by atoms with Crippen LogP contribution in [-0.2, 0) is 6.42 Å². The van der Waals surface area contributed by atoms with Crippen molar-refractivity contribution in [3.05, 3.63) is 58.7 Å². The van der Waals surface area contributed by atoms with E-state index in [1.807, 2.05) is 0 Å². The van der Waals surface area contributed by atoms with Crippen LogP contribution in [0.4, 0.5) is 0 Å². The van der Waals surface area contributed by atoms with E-state index in [0.29, 0.717) is 5.56 Å². The molecule has 0 saturated carbocycles. The average Bonchev–Trinajstić information content (AvgIpc) is 2.44. The van der Waals surface area contributed by atoms with Gasteiger partial charge >= 0.3 is 11.9 Å². The van der Waals surface area contributed by atoms with Crippen LogP contribution in [0.25, 0.3) is 0 Å². The van der Waals surface area contributed by atoms with Gasteiger partial charge in [0.15, 0.2) is 11.5 Å². The van der Waals surface area contributed by atoms with E-state index in [9.17, 15) is 19.8 Å². The average molecular weight is 288 g/mol. The van der Waals surface area contributed by atoms with Gasteiger partial charge in [-0.15, -0.1) is 0 Å². The van der Waals surface area contributed by atoms with Gasteiger partial charge in [-0.2, -0.15) is 0 Å². The summed E-state index contributed by atoms with van der Waals surface area (Å²) in [7, 11) is 0. The number of aromatic hydroxyl groups is 2. The first-order valence-electron chi connectivity index (χ1n) is 6.00. The monoisotopic (exact) mass is 288 g/mol. The molecule has 0 aliphatic rings. The number of hydrogen-bond donors (Lipinski definition) is 4. The Morgan fingerprint density at radius 2 is 1.48 bits per heavy atom. The Morgan fingerprint density at radius 1 is 0.857 bits per heavy atom. The second-order valence-electron chi connectivity index (χ2n) is 4.40. The number of benzene rings is 2. The van der Waals surface area contributed by atoms with Gasteiger partial charge in [0, 0.05) is 12.0 Å². The van der Waals surface area contributed by atoms with E-state index in [0.717, 1.165) is 12.1 Å². The van der Waals surface area contributed by atoms with Gasteiger partial charge in [-0.25, -0.2) is 9.59 Å². The molecule has 0 saturated heterocycles. The van der Waals surface area contributed by atoms with Crippen LogP contribution in [0.5, 0.6) is 11.5 Å². The number of rotatable bonds is 4. The van der Waals surface area contributed by atoms with E-state index in [1.165, 1.54) is 12.1 Å². The molecule has 0 aliphatic carbocycles. The zero-order valence-corrected chi connectivity index (χ0v) is 10.8. The molecule has 0 spiro atoms. The van der Waals surface area contributed by atoms with Crippen molar-refractivity contribution in [2.45, 2.75) is 6.42 Å². The number of phenols is 2. The van der Waals surface area contributed by atoms with Crippen molar-refractivity contribution in [3.8, 4) is 11.5 Å². The highest BCUT2D eigenvalue weighted by Crippen LogP contribution is 2.33. The van der Waals surface area contributed by atoms with E-state index in [2.05, 4.69) is 0 Å². The lowest BCUT2D eigenvalue weighted by atomic mass is 9.95. The van der Waals surface area contributed by atoms with Gasteiger partial charge in [-0.05, 0) is 23.8 Å². The summed E-state index contributed by atoms with van der Waals surface area (Å²) >= 11 is 0. The summed E-state index contributed by atoms with van der Waals surface area (Å²) in [5, 5.41) is 37.6. The molecule has 0 bridgehead atoms. The van der Waals surface area contributed by atoms with Gasteiger partial charge in [-0.1, -0.05) is 18.2 Å². The van der Waals surface area contributed by atoms with Crippen molar-refractivity contribution in [1.29, 1.82) is 0 Å². The second-order valence-corrected chi connectivity index (χ2v) is 4.40. The van der Waals surface area contributed by atoms with E-state index in [-0.39, 0.29) is 23.1 Å². The molecule has 0 fully saturated rings. The molecular formula is C15H12O6. The highest BCUT2D eigenvalue weighted by Gasteiger charge is 2.19. The number of hydrogen-bond acceptors (Lipinski definition) is 4. The van der Waals surface area contributed by atoms with Gasteiger partial charge in [0.25, 0.3) is 0 Å². The molecule has 0 atom stereocenters. The molecular weight excluding hydrogens is 276 g/mol. The fraction of sp³-hybridized carbons (Fsp3) is 0.0667. The first kappa shape index (κ1) is 14.4. The fourth-order valence-corrected chi connectivity index (χ4v) is 2.08. The Hall–Kier alpha value is -3.02.